The van der Waals surface area contributed by atoms with E-state index in [9.17, 15) is 4.79 Å². The zero-order valence-electron chi connectivity index (χ0n) is 18.3. The average molecular weight is 441 g/mol. The molecule has 0 atom stereocenters. The third kappa shape index (κ3) is 5.65. The Labute approximate surface area is 192 Å². The first-order valence-electron chi connectivity index (χ1n) is 10.3. The molecule has 0 unspecified atom stereocenters. The van der Waals surface area contributed by atoms with Crippen LogP contribution < -0.4 is 19.5 Å². The second kappa shape index (κ2) is 10.3. The molecular weight excluding hydrogens is 418 g/mol. The molecule has 33 heavy (non-hydrogen) atoms. The van der Waals surface area contributed by atoms with E-state index in [0.29, 0.717) is 35.2 Å². The second-order valence-electron chi connectivity index (χ2n) is 7.13. The van der Waals surface area contributed by atoms with Crippen molar-refractivity contribution in [2.75, 3.05) is 14.2 Å². The minimum absolute atomic E-state index is 0.151. The lowest BCUT2D eigenvalue weighted by Crippen LogP contribution is -2.22. The van der Waals surface area contributed by atoms with Gasteiger partial charge in [-0.15, -0.1) is 0 Å². The van der Waals surface area contributed by atoms with E-state index >= 15 is 0 Å². The van der Waals surface area contributed by atoms with Crippen molar-refractivity contribution in [3.8, 4) is 34.4 Å². The zero-order valence-corrected chi connectivity index (χ0v) is 18.3. The van der Waals surface area contributed by atoms with Crippen LogP contribution in [0.5, 0.6) is 23.1 Å². The van der Waals surface area contributed by atoms with Crippen LogP contribution in [-0.4, -0.2) is 30.1 Å². The molecule has 4 rings (SSSR count). The van der Waals surface area contributed by atoms with Gasteiger partial charge in [0.2, 0.25) is 5.88 Å². The number of carbonyl (C=O) groups excluding carboxylic acids is 1. The minimum Gasteiger partial charge on any atom is -0.497 e. The van der Waals surface area contributed by atoms with Crippen molar-refractivity contribution >= 4 is 5.91 Å². The fraction of sp³-hybridized carbons (Fsp3) is 0.115. The summed E-state index contributed by atoms with van der Waals surface area (Å²) >= 11 is 0. The largest absolute Gasteiger partial charge is 0.497 e. The fourth-order valence-corrected chi connectivity index (χ4v) is 3.16. The summed E-state index contributed by atoms with van der Waals surface area (Å²) in [6.07, 6.45) is 1.44. The Kier molecular flexibility index (Phi) is 6.80. The van der Waals surface area contributed by atoms with Crippen molar-refractivity contribution < 1.29 is 19.0 Å². The molecular formula is C26H23N3O4. The molecule has 0 fully saturated rings. The summed E-state index contributed by atoms with van der Waals surface area (Å²) in [6, 6.07) is 23.8. The van der Waals surface area contributed by atoms with Crippen LogP contribution >= 0.6 is 0 Å². The smallest absolute Gasteiger partial charge is 0.251 e. The van der Waals surface area contributed by atoms with Gasteiger partial charge in [0.1, 0.15) is 23.6 Å². The van der Waals surface area contributed by atoms with E-state index in [-0.39, 0.29) is 5.91 Å². The van der Waals surface area contributed by atoms with E-state index in [2.05, 4.69) is 15.3 Å². The molecule has 166 valence electrons. The van der Waals surface area contributed by atoms with Gasteiger partial charge in [-0.2, -0.15) is 0 Å². The van der Waals surface area contributed by atoms with Crippen LogP contribution in [0.25, 0.3) is 11.3 Å². The molecule has 4 aromatic rings. The summed E-state index contributed by atoms with van der Waals surface area (Å²) in [4.78, 5) is 21.0. The maximum absolute atomic E-state index is 12.5. The Bertz CT molecular complexity index is 1230. The highest BCUT2D eigenvalue weighted by Gasteiger charge is 2.09. The van der Waals surface area contributed by atoms with Crippen molar-refractivity contribution in [2.24, 2.45) is 0 Å². The van der Waals surface area contributed by atoms with Crippen LogP contribution in [-0.2, 0) is 6.54 Å². The number of benzene rings is 3. The van der Waals surface area contributed by atoms with Gasteiger partial charge in [0.15, 0.2) is 0 Å². The molecule has 0 aliphatic carbocycles. The molecule has 0 bridgehead atoms. The maximum Gasteiger partial charge on any atom is 0.251 e. The van der Waals surface area contributed by atoms with E-state index < -0.39 is 0 Å². The van der Waals surface area contributed by atoms with Gasteiger partial charge >= 0.3 is 0 Å². The first-order chi connectivity index (χ1) is 16.1. The number of carbonyl (C=O) groups is 1. The predicted molar refractivity (Wildman–Crippen MR) is 125 cm³/mol. The second-order valence-corrected chi connectivity index (χ2v) is 7.13. The van der Waals surface area contributed by atoms with Gasteiger partial charge in [0.25, 0.3) is 5.91 Å². The molecule has 1 aromatic heterocycles. The molecule has 0 aliphatic heterocycles. The van der Waals surface area contributed by atoms with Crippen LogP contribution in [0, 0.1) is 0 Å². The summed E-state index contributed by atoms with van der Waals surface area (Å²) in [5.41, 5.74) is 3.09. The molecule has 1 N–H and O–H groups in total. The molecule has 1 heterocycles. The Morgan fingerprint density at radius 1 is 0.818 bits per heavy atom. The minimum atomic E-state index is -0.151. The third-order valence-electron chi connectivity index (χ3n) is 4.96. The van der Waals surface area contributed by atoms with Crippen molar-refractivity contribution in [2.45, 2.75) is 6.54 Å². The van der Waals surface area contributed by atoms with E-state index in [1.54, 1.807) is 38.5 Å². The Morgan fingerprint density at radius 2 is 1.55 bits per heavy atom. The van der Waals surface area contributed by atoms with Crippen molar-refractivity contribution in [1.29, 1.82) is 0 Å². The first kappa shape index (κ1) is 21.8. The summed E-state index contributed by atoms with van der Waals surface area (Å²) in [5.74, 6) is 2.35. The summed E-state index contributed by atoms with van der Waals surface area (Å²) in [7, 11) is 3.22. The lowest BCUT2D eigenvalue weighted by molar-refractivity contribution is 0.0951. The summed E-state index contributed by atoms with van der Waals surface area (Å²) in [6.45, 7) is 0.432. The fourth-order valence-electron chi connectivity index (χ4n) is 3.16. The standard InChI is InChI=1S/C26H23N3O4/c1-31-21-12-6-18(7-13-21)16-27-26(30)20-10-8-19(9-11-20)24-15-25(29-17-28-24)33-23-5-3-4-22(14-23)32-2/h3-15,17H,16H2,1-2H3,(H,27,30). The number of rotatable bonds is 8. The van der Waals surface area contributed by atoms with Gasteiger partial charge in [-0.25, -0.2) is 9.97 Å². The van der Waals surface area contributed by atoms with Crippen molar-refractivity contribution in [3.05, 3.63) is 96.3 Å². The normalized spacial score (nSPS) is 10.4. The topological polar surface area (TPSA) is 82.6 Å². The van der Waals surface area contributed by atoms with Gasteiger partial charge in [-0.05, 0) is 42.0 Å². The molecule has 0 saturated carbocycles. The van der Waals surface area contributed by atoms with Crippen LogP contribution in [0.2, 0.25) is 0 Å². The van der Waals surface area contributed by atoms with Crippen LogP contribution in [0.15, 0.2) is 85.2 Å². The average Bonchev–Trinajstić information content (AvgIpc) is 2.88. The highest BCUT2D eigenvalue weighted by atomic mass is 16.5. The number of aromatic nitrogens is 2. The zero-order chi connectivity index (χ0) is 23.0. The Hall–Kier alpha value is -4.39. The monoisotopic (exact) mass is 441 g/mol. The lowest BCUT2D eigenvalue weighted by atomic mass is 10.1. The van der Waals surface area contributed by atoms with E-state index in [0.717, 1.165) is 16.9 Å². The molecule has 7 heteroatoms. The summed E-state index contributed by atoms with van der Waals surface area (Å²) < 4.78 is 16.2. The molecule has 0 spiro atoms. The van der Waals surface area contributed by atoms with E-state index in [1.165, 1.54) is 6.33 Å². The van der Waals surface area contributed by atoms with Crippen molar-refractivity contribution in [3.63, 3.8) is 0 Å². The summed E-state index contributed by atoms with van der Waals surface area (Å²) in [5, 5.41) is 2.92. The maximum atomic E-state index is 12.5. The molecule has 1 amide bonds. The predicted octanol–water partition coefficient (Wildman–Crippen LogP) is 4.88. The number of amides is 1. The highest BCUT2D eigenvalue weighted by Crippen LogP contribution is 2.26. The van der Waals surface area contributed by atoms with Gasteiger partial charge in [-0.3, -0.25) is 4.79 Å². The lowest BCUT2D eigenvalue weighted by Gasteiger charge is -2.09. The van der Waals surface area contributed by atoms with Crippen LogP contribution in [0.3, 0.4) is 0 Å². The SMILES string of the molecule is COc1ccc(CNC(=O)c2ccc(-c3cc(Oc4cccc(OC)c4)ncn3)cc2)cc1. The van der Waals surface area contributed by atoms with Gasteiger partial charge in [-0.1, -0.05) is 30.3 Å². The van der Waals surface area contributed by atoms with Gasteiger partial charge < -0.3 is 19.5 Å². The van der Waals surface area contributed by atoms with Crippen LogP contribution in [0.1, 0.15) is 15.9 Å². The number of methoxy groups -OCH3 is 2. The number of hydrogen-bond acceptors (Lipinski definition) is 6. The molecule has 3 aromatic carbocycles. The van der Waals surface area contributed by atoms with Crippen LogP contribution in [0.4, 0.5) is 0 Å². The molecule has 0 radical (unpaired) electrons. The number of nitrogens with zero attached hydrogens (tertiary/aromatic N) is 2. The number of nitrogens with one attached hydrogen (secondary N) is 1. The molecule has 0 saturated heterocycles. The van der Waals surface area contributed by atoms with E-state index in [4.69, 9.17) is 14.2 Å². The van der Waals surface area contributed by atoms with Gasteiger partial charge in [0.05, 0.1) is 19.9 Å². The Balaban J connectivity index is 1.40. The Morgan fingerprint density at radius 3 is 2.27 bits per heavy atom. The number of ether oxygens (including phenoxy) is 3. The first-order valence-corrected chi connectivity index (χ1v) is 10.3. The van der Waals surface area contributed by atoms with E-state index in [1.807, 2.05) is 54.6 Å². The third-order valence-corrected chi connectivity index (χ3v) is 4.96. The molecule has 0 aliphatic rings. The van der Waals surface area contributed by atoms with Gasteiger partial charge in [0, 0.05) is 29.8 Å². The quantitative estimate of drug-likeness (QED) is 0.420. The number of hydrogen-bond donors (Lipinski definition) is 1. The van der Waals surface area contributed by atoms with Crippen molar-refractivity contribution in [1.82, 2.24) is 15.3 Å². The highest BCUT2D eigenvalue weighted by molar-refractivity contribution is 5.94. The molecule has 7 nitrogen and oxygen atoms in total.